The smallest absolute Gasteiger partial charge is 0.243 e. The number of carbonyl (C=O) groups excluding carboxylic acids is 1. The van der Waals surface area contributed by atoms with Crippen LogP contribution in [-0.4, -0.2) is 45.4 Å². The Hall–Kier alpha value is -2.38. The van der Waals surface area contributed by atoms with E-state index in [1.807, 2.05) is 36.4 Å². The molecule has 0 bridgehead atoms. The molecule has 2 aliphatic rings. The van der Waals surface area contributed by atoms with Gasteiger partial charge in [-0.1, -0.05) is 18.2 Å². The van der Waals surface area contributed by atoms with Gasteiger partial charge in [-0.25, -0.2) is 8.42 Å². The van der Waals surface area contributed by atoms with Gasteiger partial charge in [0.2, 0.25) is 15.9 Å². The number of piperidine rings is 1. The number of nitrogens with zero attached hydrogens (tertiary/aromatic N) is 1. The van der Waals surface area contributed by atoms with Crippen LogP contribution in [0.1, 0.15) is 42.4 Å². The molecule has 6 nitrogen and oxygen atoms in total. The third-order valence-corrected chi connectivity index (χ3v) is 8.53. The number of ether oxygens (including phenoxy) is 1. The van der Waals surface area contributed by atoms with Gasteiger partial charge >= 0.3 is 0 Å². The van der Waals surface area contributed by atoms with Crippen LogP contribution in [-0.2, 0) is 34.1 Å². The Balaban J connectivity index is 1.22. The molecule has 1 N–H and O–H groups in total. The summed E-state index contributed by atoms with van der Waals surface area (Å²) in [7, 11) is -1.85. The minimum Gasteiger partial charge on any atom is -0.497 e. The number of fused-ring (bicyclic) bond motifs is 1. The summed E-state index contributed by atoms with van der Waals surface area (Å²) in [5, 5.41) is 3.03. The van der Waals surface area contributed by atoms with E-state index >= 15 is 0 Å². The molecule has 172 valence electrons. The number of benzene rings is 2. The van der Waals surface area contributed by atoms with E-state index < -0.39 is 10.0 Å². The van der Waals surface area contributed by atoms with E-state index in [0.717, 1.165) is 43.4 Å². The molecule has 0 atom stereocenters. The number of hydrogen-bond acceptors (Lipinski definition) is 4. The lowest BCUT2D eigenvalue weighted by Gasteiger charge is -2.30. The monoisotopic (exact) mass is 456 g/mol. The number of rotatable bonds is 8. The Kier molecular flexibility index (Phi) is 7.16. The van der Waals surface area contributed by atoms with Crippen molar-refractivity contribution in [3.63, 3.8) is 0 Å². The molecule has 0 radical (unpaired) electrons. The Bertz CT molecular complexity index is 1040. The fraction of sp³-hybridized carbons (Fsp3) is 0.480. The highest BCUT2D eigenvalue weighted by Gasteiger charge is 2.32. The van der Waals surface area contributed by atoms with Gasteiger partial charge in [0.15, 0.2) is 0 Å². The van der Waals surface area contributed by atoms with Gasteiger partial charge in [-0.05, 0) is 85.9 Å². The maximum atomic E-state index is 13.1. The number of hydrogen-bond donors (Lipinski definition) is 1. The topological polar surface area (TPSA) is 75.7 Å². The van der Waals surface area contributed by atoms with Crippen molar-refractivity contribution in [1.29, 1.82) is 0 Å². The Morgan fingerprint density at radius 2 is 1.78 bits per heavy atom. The zero-order valence-electron chi connectivity index (χ0n) is 18.7. The van der Waals surface area contributed by atoms with E-state index in [2.05, 4.69) is 5.32 Å². The highest BCUT2D eigenvalue weighted by molar-refractivity contribution is 7.89. The van der Waals surface area contributed by atoms with E-state index in [4.69, 9.17) is 4.74 Å². The summed E-state index contributed by atoms with van der Waals surface area (Å²) in [6.45, 7) is 1.41. The number of methoxy groups -OCH3 is 1. The second kappa shape index (κ2) is 10.0. The quantitative estimate of drug-likeness (QED) is 0.618. The normalized spacial score (nSPS) is 17.2. The van der Waals surface area contributed by atoms with Crippen molar-refractivity contribution in [3.05, 3.63) is 59.2 Å². The summed E-state index contributed by atoms with van der Waals surface area (Å²) in [5.74, 6) is 0.753. The van der Waals surface area contributed by atoms with Crippen molar-refractivity contribution >= 4 is 15.9 Å². The molecule has 0 spiro atoms. The second-order valence-corrected chi connectivity index (χ2v) is 10.6. The summed E-state index contributed by atoms with van der Waals surface area (Å²) in [6, 6.07) is 13.5. The molecular weight excluding hydrogens is 424 g/mol. The number of carbonyl (C=O) groups is 1. The standard InChI is InChI=1S/C25H32N2O4S/c1-31-23-10-7-19(8-11-23)4-3-15-26-25(28)21-13-16-27(17-14-21)32(29,30)24-12-9-20-5-2-6-22(20)18-24/h7-12,18,21H,2-6,13-17H2,1H3,(H,26,28). The molecule has 1 aliphatic carbocycles. The lowest BCUT2D eigenvalue weighted by atomic mass is 9.97. The van der Waals surface area contributed by atoms with Crippen molar-refractivity contribution in [2.24, 2.45) is 5.92 Å². The molecule has 2 aromatic rings. The first-order valence-corrected chi connectivity index (χ1v) is 12.9. The lowest BCUT2D eigenvalue weighted by molar-refractivity contribution is -0.126. The molecule has 1 saturated heterocycles. The zero-order chi connectivity index (χ0) is 22.6. The molecule has 1 heterocycles. The van der Waals surface area contributed by atoms with Crippen LogP contribution in [0.2, 0.25) is 0 Å². The molecule has 1 aliphatic heterocycles. The van der Waals surface area contributed by atoms with Crippen LogP contribution in [0.4, 0.5) is 0 Å². The van der Waals surface area contributed by atoms with Crippen LogP contribution >= 0.6 is 0 Å². The third kappa shape index (κ3) is 5.15. The average molecular weight is 457 g/mol. The van der Waals surface area contributed by atoms with Gasteiger partial charge in [0.1, 0.15) is 5.75 Å². The molecule has 7 heteroatoms. The predicted octanol–water partition coefficient (Wildman–Crippen LogP) is 3.33. The van der Waals surface area contributed by atoms with Crippen molar-refractivity contribution in [1.82, 2.24) is 9.62 Å². The maximum Gasteiger partial charge on any atom is 0.243 e. The van der Waals surface area contributed by atoms with E-state index in [-0.39, 0.29) is 11.8 Å². The van der Waals surface area contributed by atoms with Crippen LogP contribution in [0.25, 0.3) is 0 Å². The van der Waals surface area contributed by atoms with Crippen LogP contribution in [0.5, 0.6) is 5.75 Å². The van der Waals surface area contributed by atoms with Crippen LogP contribution in [0.3, 0.4) is 0 Å². The van der Waals surface area contributed by atoms with Crippen LogP contribution in [0.15, 0.2) is 47.4 Å². The summed E-state index contributed by atoms with van der Waals surface area (Å²) >= 11 is 0. The molecular formula is C25H32N2O4S. The molecule has 32 heavy (non-hydrogen) atoms. The van der Waals surface area contributed by atoms with Crippen molar-refractivity contribution in [2.75, 3.05) is 26.7 Å². The number of nitrogens with one attached hydrogen (secondary N) is 1. The van der Waals surface area contributed by atoms with Crippen LogP contribution < -0.4 is 10.1 Å². The number of sulfonamides is 1. The van der Waals surface area contributed by atoms with Crippen LogP contribution in [0, 0.1) is 5.92 Å². The number of amides is 1. The van der Waals surface area contributed by atoms with Gasteiger partial charge < -0.3 is 10.1 Å². The van der Waals surface area contributed by atoms with Gasteiger partial charge in [-0.2, -0.15) is 4.31 Å². The molecule has 4 rings (SSSR count). The fourth-order valence-corrected chi connectivity index (χ4v) is 6.18. The summed E-state index contributed by atoms with van der Waals surface area (Å²) < 4.78 is 32.8. The molecule has 0 saturated carbocycles. The highest BCUT2D eigenvalue weighted by Crippen LogP contribution is 2.28. The maximum absolute atomic E-state index is 13.1. The zero-order valence-corrected chi connectivity index (χ0v) is 19.5. The van der Waals surface area contributed by atoms with E-state index in [1.54, 1.807) is 13.2 Å². The van der Waals surface area contributed by atoms with E-state index in [0.29, 0.717) is 37.4 Å². The first kappa shape index (κ1) is 22.8. The van der Waals surface area contributed by atoms with Crippen molar-refractivity contribution in [3.8, 4) is 5.75 Å². The van der Waals surface area contributed by atoms with E-state index in [9.17, 15) is 13.2 Å². The summed E-state index contributed by atoms with van der Waals surface area (Å²) in [6.07, 6.45) is 5.98. The average Bonchev–Trinajstić information content (AvgIpc) is 3.30. The Morgan fingerprint density at radius 1 is 1.06 bits per heavy atom. The van der Waals surface area contributed by atoms with Gasteiger partial charge in [-0.3, -0.25) is 4.79 Å². The lowest BCUT2D eigenvalue weighted by Crippen LogP contribution is -2.43. The molecule has 0 unspecified atom stereocenters. The Morgan fingerprint density at radius 3 is 2.50 bits per heavy atom. The third-order valence-electron chi connectivity index (χ3n) is 6.63. The summed E-state index contributed by atoms with van der Waals surface area (Å²) in [4.78, 5) is 12.9. The fourth-order valence-electron chi connectivity index (χ4n) is 4.66. The molecule has 1 fully saturated rings. The van der Waals surface area contributed by atoms with Gasteiger partial charge in [0.25, 0.3) is 0 Å². The molecule has 1 amide bonds. The molecule has 0 aromatic heterocycles. The first-order valence-electron chi connectivity index (χ1n) is 11.5. The highest BCUT2D eigenvalue weighted by atomic mass is 32.2. The number of aryl methyl sites for hydroxylation is 3. The molecule has 2 aromatic carbocycles. The predicted molar refractivity (Wildman–Crippen MR) is 124 cm³/mol. The minimum atomic E-state index is -3.50. The SMILES string of the molecule is COc1ccc(CCCNC(=O)C2CCN(S(=O)(=O)c3ccc4c(c3)CCC4)CC2)cc1. The van der Waals surface area contributed by atoms with Gasteiger partial charge in [-0.15, -0.1) is 0 Å². The van der Waals surface area contributed by atoms with Crippen molar-refractivity contribution < 1.29 is 17.9 Å². The van der Waals surface area contributed by atoms with E-state index in [1.165, 1.54) is 15.4 Å². The second-order valence-electron chi connectivity index (χ2n) is 8.71. The first-order chi connectivity index (χ1) is 15.5. The Labute approximate surface area is 191 Å². The van der Waals surface area contributed by atoms with Gasteiger partial charge in [0, 0.05) is 25.6 Å². The minimum absolute atomic E-state index is 0.0364. The summed E-state index contributed by atoms with van der Waals surface area (Å²) in [5.41, 5.74) is 3.64. The largest absolute Gasteiger partial charge is 0.497 e. The van der Waals surface area contributed by atoms with Gasteiger partial charge in [0.05, 0.1) is 12.0 Å². The van der Waals surface area contributed by atoms with Crippen molar-refractivity contribution in [2.45, 2.75) is 49.8 Å².